The van der Waals surface area contributed by atoms with Gasteiger partial charge in [0.1, 0.15) is 6.33 Å². The monoisotopic (exact) mass is 285 g/mol. The number of amides is 1. The van der Waals surface area contributed by atoms with Gasteiger partial charge in [-0.05, 0) is 26.2 Å². The molecular formula is C15H19N5O. The quantitative estimate of drug-likeness (QED) is 0.804. The van der Waals surface area contributed by atoms with E-state index in [1.54, 1.807) is 4.68 Å². The molecule has 0 radical (unpaired) electrons. The first-order chi connectivity index (χ1) is 10.2. The minimum absolute atomic E-state index is 0.139. The van der Waals surface area contributed by atoms with Gasteiger partial charge in [0.2, 0.25) is 5.91 Å². The third kappa shape index (κ3) is 4.54. The van der Waals surface area contributed by atoms with Crippen molar-refractivity contribution in [3.63, 3.8) is 0 Å². The smallest absolute Gasteiger partial charge is 0.244 e. The molecular weight excluding hydrogens is 266 g/mol. The lowest BCUT2D eigenvalue weighted by molar-refractivity contribution is -0.116. The number of rotatable bonds is 6. The van der Waals surface area contributed by atoms with E-state index in [-0.39, 0.29) is 5.91 Å². The molecule has 0 spiro atoms. The highest BCUT2D eigenvalue weighted by Crippen LogP contribution is 2.07. The van der Waals surface area contributed by atoms with Crippen LogP contribution in [0.15, 0.2) is 48.8 Å². The zero-order valence-electron chi connectivity index (χ0n) is 12.2. The molecule has 0 aliphatic rings. The van der Waals surface area contributed by atoms with Crippen molar-refractivity contribution in [1.82, 2.24) is 25.0 Å². The highest BCUT2D eigenvalue weighted by Gasteiger charge is 2.06. The van der Waals surface area contributed by atoms with Gasteiger partial charge in [-0.2, -0.15) is 5.10 Å². The molecule has 2 rings (SSSR count). The first-order valence-corrected chi connectivity index (χ1v) is 6.70. The molecule has 0 fully saturated rings. The molecule has 0 aliphatic heterocycles. The molecule has 1 heterocycles. The lowest BCUT2D eigenvalue weighted by atomic mass is 10.3. The van der Waals surface area contributed by atoms with Crippen molar-refractivity contribution in [3.8, 4) is 5.69 Å². The van der Waals surface area contributed by atoms with Crippen LogP contribution in [0.2, 0.25) is 0 Å². The molecule has 110 valence electrons. The summed E-state index contributed by atoms with van der Waals surface area (Å²) in [5, 5.41) is 6.98. The summed E-state index contributed by atoms with van der Waals surface area (Å²) in [7, 11) is 3.90. The van der Waals surface area contributed by atoms with Gasteiger partial charge in [-0.25, -0.2) is 9.67 Å². The van der Waals surface area contributed by atoms with Crippen molar-refractivity contribution in [3.05, 3.63) is 54.6 Å². The number of nitrogens with one attached hydrogen (secondary N) is 1. The molecule has 0 atom stereocenters. The highest BCUT2D eigenvalue weighted by atomic mass is 16.1. The molecule has 0 saturated heterocycles. The number of hydrogen-bond donors (Lipinski definition) is 1. The van der Waals surface area contributed by atoms with Crippen LogP contribution in [0.1, 0.15) is 5.82 Å². The Hall–Kier alpha value is -2.47. The zero-order chi connectivity index (χ0) is 15.1. The summed E-state index contributed by atoms with van der Waals surface area (Å²) in [4.78, 5) is 17.9. The van der Waals surface area contributed by atoms with Crippen molar-refractivity contribution < 1.29 is 4.79 Å². The second kappa shape index (κ2) is 7.35. The Labute approximate surface area is 124 Å². The number of nitrogens with zero attached hydrogens (tertiary/aromatic N) is 4. The minimum Gasteiger partial charge on any atom is -0.345 e. The molecule has 1 amide bonds. The average Bonchev–Trinajstić information content (AvgIpc) is 2.94. The molecule has 0 unspecified atom stereocenters. The number of carbonyl (C=O) groups excluding carboxylic acids is 1. The Kier molecular flexibility index (Phi) is 5.22. The largest absolute Gasteiger partial charge is 0.345 e. The van der Waals surface area contributed by atoms with E-state index in [0.717, 1.165) is 12.2 Å². The van der Waals surface area contributed by atoms with Gasteiger partial charge >= 0.3 is 0 Å². The number of benzene rings is 1. The summed E-state index contributed by atoms with van der Waals surface area (Å²) in [6, 6.07) is 9.69. The summed E-state index contributed by atoms with van der Waals surface area (Å²) >= 11 is 0. The first kappa shape index (κ1) is 14.9. The van der Waals surface area contributed by atoms with Crippen LogP contribution in [0, 0.1) is 0 Å². The summed E-state index contributed by atoms with van der Waals surface area (Å²) in [6.07, 6.45) is 4.83. The highest BCUT2D eigenvalue weighted by molar-refractivity contribution is 5.87. The van der Waals surface area contributed by atoms with Gasteiger partial charge in [-0.1, -0.05) is 24.3 Å². The Morgan fingerprint density at radius 1 is 1.33 bits per heavy atom. The van der Waals surface area contributed by atoms with E-state index in [1.807, 2.05) is 55.4 Å². The minimum atomic E-state index is -0.139. The number of carbonyl (C=O) groups is 1. The topological polar surface area (TPSA) is 63.1 Å². The van der Waals surface area contributed by atoms with Crippen LogP contribution >= 0.6 is 0 Å². The maximum atomic E-state index is 11.7. The molecule has 6 nitrogen and oxygen atoms in total. The number of aromatic nitrogens is 3. The summed E-state index contributed by atoms with van der Waals surface area (Å²) in [6.45, 7) is 1.06. The van der Waals surface area contributed by atoms with Crippen LogP contribution in [-0.2, 0) is 11.3 Å². The van der Waals surface area contributed by atoms with E-state index in [9.17, 15) is 4.79 Å². The van der Waals surface area contributed by atoms with Gasteiger partial charge in [0.25, 0.3) is 0 Å². The van der Waals surface area contributed by atoms with Gasteiger partial charge in [0, 0.05) is 12.6 Å². The molecule has 0 aliphatic carbocycles. The van der Waals surface area contributed by atoms with Crippen LogP contribution in [-0.4, -0.2) is 46.2 Å². The number of para-hydroxylation sites is 1. The van der Waals surface area contributed by atoms with E-state index >= 15 is 0 Å². The third-order valence-electron chi connectivity index (χ3n) is 2.78. The second-order valence-electron chi connectivity index (χ2n) is 4.81. The standard InChI is InChI=1S/C15H19N5O/c1-19(2)10-6-9-15(21)16-11-14-17-12-18-20(14)13-7-4-3-5-8-13/h3-9,12H,10-11H2,1-2H3,(H,16,21)/b9-6+. The summed E-state index contributed by atoms with van der Waals surface area (Å²) < 4.78 is 1.71. The average molecular weight is 285 g/mol. The van der Waals surface area contributed by atoms with E-state index in [2.05, 4.69) is 15.4 Å². The lowest BCUT2D eigenvalue weighted by Crippen LogP contribution is -2.23. The number of hydrogen-bond acceptors (Lipinski definition) is 4. The SMILES string of the molecule is CN(C)C/C=C/C(=O)NCc1ncnn1-c1ccccc1. The number of likely N-dealkylation sites (N-methyl/N-ethyl adjacent to an activating group) is 1. The van der Waals surface area contributed by atoms with Crippen LogP contribution in [0.5, 0.6) is 0 Å². The van der Waals surface area contributed by atoms with Crippen molar-refractivity contribution in [2.24, 2.45) is 0 Å². The van der Waals surface area contributed by atoms with Gasteiger partial charge in [-0.3, -0.25) is 4.79 Å². The van der Waals surface area contributed by atoms with Gasteiger partial charge in [0.05, 0.1) is 12.2 Å². The molecule has 6 heteroatoms. The second-order valence-corrected chi connectivity index (χ2v) is 4.81. The van der Waals surface area contributed by atoms with Crippen molar-refractivity contribution in [1.29, 1.82) is 0 Å². The van der Waals surface area contributed by atoms with Crippen LogP contribution < -0.4 is 5.32 Å². The fourth-order valence-corrected chi connectivity index (χ4v) is 1.77. The van der Waals surface area contributed by atoms with Gasteiger partial charge < -0.3 is 10.2 Å². The Balaban J connectivity index is 1.94. The Morgan fingerprint density at radius 2 is 2.10 bits per heavy atom. The molecule has 0 bridgehead atoms. The van der Waals surface area contributed by atoms with Crippen LogP contribution in [0.3, 0.4) is 0 Å². The molecule has 21 heavy (non-hydrogen) atoms. The molecule has 0 saturated carbocycles. The maximum Gasteiger partial charge on any atom is 0.244 e. The Morgan fingerprint density at radius 3 is 2.81 bits per heavy atom. The maximum absolute atomic E-state index is 11.7. The molecule has 1 aromatic heterocycles. The van der Waals surface area contributed by atoms with Crippen LogP contribution in [0.25, 0.3) is 5.69 Å². The normalized spacial score (nSPS) is 11.2. The predicted molar refractivity (Wildman–Crippen MR) is 80.9 cm³/mol. The van der Waals surface area contributed by atoms with Crippen molar-refractivity contribution in [2.75, 3.05) is 20.6 Å². The van der Waals surface area contributed by atoms with E-state index < -0.39 is 0 Å². The fourth-order valence-electron chi connectivity index (χ4n) is 1.77. The van der Waals surface area contributed by atoms with Crippen LogP contribution in [0.4, 0.5) is 0 Å². The lowest BCUT2D eigenvalue weighted by Gasteiger charge is -2.06. The molecule has 1 N–H and O–H groups in total. The summed E-state index contributed by atoms with van der Waals surface area (Å²) in [5.41, 5.74) is 0.919. The van der Waals surface area contributed by atoms with Crippen molar-refractivity contribution >= 4 is 5.91 Å². The van der Waals surface area contributed by atoms with E-state index in [4.69, 9.17) is 0 Å². The first-order valence-electron chi connectivity index (χ1n) is 6.70. The van der Waals surface area contributed by atoms with Gasteiger partial charge in [0.15, 0.2) is 5.82 Å². The molecule has 2 aromatic rings. The third-order valence-corrected chi connectivity index (χ3v) is 2.78. The fraction of sp³-hybridized carbons (Fsp3) is 0.267. The van der Waals surface area contributed by atoms with E-state index in [1.165, 1.54) is 12.4 Å². The Bertz CT molecular complexity index is 604. The zero-order valence-corrected chi connectivity index (χ0v) is 12.2. The molecule has 1 aromatic carbocycles. The van der Waals surface area contributed by atoms with Gasteiger partial charge in [-0.15, -0.1) is 0 Å². The van der Waals surface area contributed by atoms with E-state index in [0.29, 0.717) is 12.4 Å². The summed E-state index contributed by atoms with van der Waals surface area (Å²) in [5.74, 6) is 0.551. The predicted octanol–water partition coefficient (Wildman–Crippen LogP) is 1.00. The van der Waals surface area contributed by atoms with Crippen molar-refractivity contribution in [2.45, 2.75) is 6.54 Å².